The van der Waals surface area contributed by atoms with Gasteiger partial charge in [-0.1, -0.05) is 42.5 Å². The number of carbonyl (C=O) groups excluding carboxylic acids is 1. The molecular formula is C24H20N4O10. The smallest absolute Gasteiger partial charge is 0.343 e. The fraction of sp³-hybridized carbons (Fsp3) is 0.125. The average molecular weight is 524 g/mol. The summed E-state index contributed by atoms with van der Waals surface area (Å²) < 4.78 is 0. The molecule has 0 fully saturated rings. The van der Waals surface area contributed by atoms with Crippen LogP contribution in [0, 0.1) is 20.2 Å². The molecule has 196 valence electrons. The fourth-order valence-corrected chi connectivity index (χ4v) is 3.53. The summed E-state index contributed by atoms with van der Waals surface area (Å²) in [5, 5.41) is 43.4. The second-order valence-electron chi connectivity index (χ2n) is 7.74. The molecular weight excluding hydrogens is 504 g/mol. The monoisotopic (exact) mass is 524 g/mol. The van der Waals surface area contributed by atoms with Crippen LogP contribution < -0.4 is 10.8 Å². The van der Waals surface area contributed by atoms with Crippen LogP contribution in [0.25, 0.3) is 0 Å². The summed E-state index contributed by atoms with van der Waals surface area (Å²) >= 11 is 0. The molecule has 0 bridgehead atoms. The van der Waals surface area contributed by atoms with E-state index in [1.165, 1.54) is 24.3 Å². The number of nitrogens with one attached hydrogen (secondary N) is 2. The Labute approximate surface area is 213 Å². The van der Waals surface area contributed by atoms with E-state index < -0.39 is 50.2 Å². The van der Waals surface area contributed by atoms with Crippen molar-refractivity contribution in [3.05, 3.63) is 114 Å². The summed E-state index contributed by atoms with van der Waals surface area (Å²) in [6, 6.07) is 14.1. The summed E-state index contributed by atoms with van der Waals surface area (Å²) in [6.07, 6.45) is 0. The van der Waals surface area contributed by atoms with Crippen molar-refractivity contribution in [1.29, 1.82) is 0 Å². The SMILES string of the molecule is O=C(NCc1ccc(CNOCc2cccc([N+](=O)[O-])c2C(=O)O)cc1)c1cccc([N+](=O)[O-])c1C(=O)O. The number of hydrogen-bond donors (Lipinski definition) is 4. The molecule has 14 nitrogen and oxygen atoms in total. The number of amides is 1. The van der Waals surface area contributed by atoms with E-state index in [0.29, 0.717) is 5.56 Å². The highest BCUT2D eigenvalue weighted by Crippen LogP contribution is 2.24. The van der Waals surface area contributed by atoms with Crippen LogP contribution in [0.3, 0.4) is 0 Å². The standard InChI is InChI=1S/C24H20N4O10/c29-22(17-4-2-6-19(28(36)37)21(17)24(32)33)25-11-14-7-9-15(10-8-14)12-26-38-13-16-3-1-5-18(27(34)35)20(16)23(30)31/h1-10,26H,11-13H2,(H,25,29)(H,30,31)(H,32,33). The van der Waals surface area contributed by atoms with Gasteiger partial charge in [-0.15, -0.1) is 0 Å². The Kier molecular flexibility index (Phi) is 8.76. The molecule has 38 heavy (non-hydrogen) atoms. The van der Waals surface area contributed by atoms with Gasteiger partial charge in [-0.05, 0) is 17.2 Å². The van der Waals surface area contributed by atoms with Crippen molar-refractivity contribution in [1.82, 2.24) is 10.8 Å². The third-order valence-corrected chi connectivity index (χ3v) is 5.32. The normalized spacial score (nSPS) is 10.5. The first kappa shape index (κ1) is 27.4. The Morgan fingerprint density at radius 3 is 1.84 bits per heavy atom. The third kappa shape index (κ3) is 6.51. The molecule has 0 spiro atoms. The van der Waals surface area contributed by atoms with Crippen LogP contribution in [-0.4, -0.2) is 37.9 Å². The van der Waals surface area contributed by atoms with Gasteiger partial charge in [0.2, 0.25) is 0 Å². The number of nitrogens with zero attached hydrogens (tertiary/aromatic N) is 2. The molecule has 0 aliphatic heterocycles. The van der Waals surface area contributed by atoms with E-state index in [0.717, 1.165) is 17.7 Å². The highest BCUT2D eigenvalue weighted by atomic mass is 16.6. The van der Waals surface area contributed by atoms with Crippen molar-refractivity contribution in [3.8, 4) is 0 Å². The molecule has 0 unspecified atom stereocenters. The highest BCUT2D eigenvalue weighted by Gasteiger charge is 2.27. The zero-order valence-electron chi connectivity index (χ0n) is 19.4. The van der Waals surface area contributed by atoms with E-state index in [1.54, 1.807) is 24.3 Å². The van der Waals surface area contributed by atoms with Gasteiger partial charge in [-0.25, -0.2) is 9.59 Å². The zero-order chi connectivity index (χ0) is 27.8. The summed E-state index contributed by atoms with van der Waals surface area (Å²) in [4.78, 5) is 61.2. The Balaban J connectivity index is 1.55. The van der Waals surface area contributed by atoms with Gasteiger partial charge < -0.3 is 15.5 Å². The Morgan fingerprint density at radius 1 is 0.763 bits per heavy atom. The second-order valence-corrected chi connectivity index (χ2v) is 7.74. The molecule has 0 heterocycles. The number of hydroxylamine groups is 1. The topological polar surface area (TPSA) is 211 Å². The van der Waals surface area contributed by atoms with Crippen molar-refractivity contribution in [3.63, 3.8) is 0 Å². The lowest BCUT2D eigenvalue weighted by Crippen LogP contribution is -2.25. The quantitative estimate of drug-likeness (QED) is 0.154. The van der Waals surface area contributed by atoms with Crippen molar-refractivity contribution >= 4 is 29.2 Å². The minimum atomic E-state index is -1.59. The Hall–Kier alpha value is -5.21. The number of benzene rings is 3. The molecule has 4 N–H and O–H groups in total. The van der Waals surface area contributed by atoms with E-state index in [-0.39, 0.29) is 30.8 Å². The van der Waals surface area contributed by atoms with Crippen molar-refractivity contribution in [2.24, 2.45) is 0 Å². The number of hydrogen-bond acceptors (Lipinski definition) is 9. The van der Waals surface area contributed by atoms with Crippen LogP contribution in [0.4, 0.5) is 11.4 Å². The molecule has 3 rings (SSSR count). The fourth-order valence-electron chi connectivity index (χ4n) is 3.53. The molecule has 14 heteroatoms. The van der Waals surface area contributed by atoms with Gasteiger partial charge in [0.05, 0.1) is 22.0 Å². The van der Waals surface area contributed by atoms with Crippen LogP contribution in [0.1, 0.15) is 47.8 Å². The van der Waals surface area contributed by atoms with Gasteiger partial charge in [0.1, 0.15) is 11.1 Å². The van der Waals surface area contributed by atoms with Crippen LogP contribution >= 0.6 is 0 Å². The summed E-state index contributed by atoms with van der Waals surface area (Å²) in [5.41, 5.74) is 1.48. The lowest BCUT2D eigenvalue weighted by molar-refractivity contribution is -0.385. The molecule has 0 radical (unpaired) electrons. The lowest BCUT2D eigenvalue weighted by Gasteiger charge is -2.10. The highest BCUT2D eigenvalue weighted by molar-refractivity contribution is 6.07. The Morgan fingerprint density at radius 2 is 1.29 bits per heavy atom. The number of nitro groups is 2. The summed E-state index contributed by atoms with van der Waals surface area (Å²) in [6.45, 7) is -0.00141. The van der Waals surface area contributed by atoms with Gasteiger partial charge in [0.15, 0.2) is 0 Å². The van der Waals surface area contributed by atoms with Gasteiger partial charge in [0.25, 0.3) is 17.3 Å². The predicted molar refractivity (Wildman–Crippen MR) is 129 cm³/mol. The average Bonchev–Trinajstić information content (AvgIpc) is 2.89. The number of rotatable bonds is 12. The first-order chi connectivity index (χ1) is 18.1. The first-order valence-electron chi connectivity index (χ1n) is 10.8. The molecule has 0 atom stereocenters. The molecule has 0 saturated carbocycles. The maximum atomic E-state index is 12.5. The van der Waals surface area contributed by atoms with E-state index >= 15 is 0 Å². The maximum Gasteiger partial charge on any atom is 0.343 e. The zero-order valence-corrected chi connectivity index (χ0v) is 19.4. The van der Waals surface area contributed by atoms with Crippen molar-refractivity contribution in [2.75, 3.05) is 0 Å². The van der Waals surface area contributed by atoms with Crippen LogP contribution in [-0.2, 0) is 24.5 Å². The predicted octanol–water partition coefficient (Wildman–Crippen LogP) is 3.05. The van der Waals surface area contributed by atoms with Crippen molar-refractivity contribution in [2.45, 2.75) is 19.7 Å². The van der Waals surface area contributed by atoms with Crippen molar-refractivity contribution < 1.29 is 39.3 Å². The van der Waals surface area contributed by atoms with E-state index in [4.69, 9.17) is 4.84 Å². The number of carbonyl (C=O) groups is 3. The van der Waals surface area contributed by atoms with Crippen LogP contribution in [0.5, 0.6) is 0 Å². The van der Waals surface area contributed by atoms with Crippen LogP contribution in [0.15, 0.2) is 60.7 Å². The first-order valence-corrected chi connectivity index (χ1v) is 10.8. The van der Waals surface area contributed by atoms with Crippen LogP contribution in [0.2, 0.25) is 0 Å². The van der Waals surface area contributed by atoms with Gasteiger partial charge in [-0.2, -0.15) is 5.48 Å². The molecule has 3 aromatic carbocycles. The second kappa shape index (κ2) is 12.2. The largest absolute Gasteiger partial charge is 0.477 e. The van der Waals surface area contributed by atoms with E-state index in [9.17, 15) is 44.8 Å². The molecule has 3 aromatic rings. The maximum absolute atomic E-state index is 12.5. The lowest BCUT2D eigenvalue weighted by atomic mass is 10.0. The number of nitro benzene ring substituents is 2. The Bertz CT molecular complexity index is 1410. The summed E-state index contributed by atoms with van der Waals surface area (Å²) in [5.74, 6) is -3.82. The van der Waals surface area contributed by atoms with E-state index in [1.807, 2.05) is 0 Å². The number of aromatic carboxylic acids is 2. The number of carboxylic acid groups (broad SMARTS) is 2. The molecule has 0 aromatic heterocycles. The van der Waals surface area contributed by atoms with E-state index in [2.05, 4.69) is 10.8 Å². The molecule has 1 amide bonds. The number of carboxylic acids is 2. The minimum absolute atomic E-state index is 0.0234. The minimum Gasteiger partial charge on any atom is -0.477 e. The summed E-state index contributed by atoms with van der Waals surface area (Å²) in [7, 11) is 0. The molecule has 0 saturated heterocycles. The molecule has 0 aliphatic rings. The van der Waals surface area contributed by atoms with Gasteiger partial charge >= 0.3 is 11.9 Å². The molecule has 0 aliphatic carbocycles. The van der Waals surface area contributed by atoms with Gasteiger partial charge in [-0.3, -0.25) is 29.9 Å². The third-order valence-electron chi connectivity index (χ3n) is 5.32. The van der Waals surface area contributed by atoms with Gasteiger partial charge in [0, 0.05) is 30.8 Å².